The van der Waals surface area contributed by atoms with Crippen LogP contribution >= 0.6 is 0 Å². The third kappa shape index (κ3) is 2.99. The zero-order valence-corrected chi connectivity index (χ0v) is 10.5. The number of H-pyrrole nitrogens is 1. The number of hydrogen-bond acceptors (Lipinski definition) is 5. The van der Waals surface area contributed by atoms with Gasteiger partial charge in [0.2, 0.25) is 0 Å². The lowest BCUT2D eigenvalue weighted by atomic mass is 10.1. The summed E-state index contributed by atoms with van der Waals surface area (Å²) in [5.74, 6) is 0.513. The summed E-state index contributed by atoms with van der Waals surface area (Å²) in [6.45, 7) is -2.84. The molecule has 1 N–H and O–H groups in total. The first-order valence-electron chi connectivity index (χ1n) is 5.90. The molecule has 0 aliphatic heterocycles. The molecule has 21 heavy (non-hydrogen) atoms. The van der Waals surface area contributed by atoms with Gasteiger partial charge < -0.3 is 4.74 Å². The van der Waals surface area contributed by atoms with Gasteiger partial charge in [0.25, 0.3) is 0 Å². The van der Waals surface area contributed by atoms with Gasteiger partial charge in [-0.2, -0.15) is 8.78 Å². The maximum absolute atomic E-state index is 12.1. The number of benzene rings is 1. The fourth-order valence-corrected chi connectivity index (χ4v) is 1.74. The highest BCUT2D eigenvalue weighted by molar-refractivity contribution is 5.63. The van der Waals surface area contributed by atoms with Crippen LogP contribution in [-0.2, 0) is 0 Å². The average Bonchev–Trinajstić information content (AvgIpc) is 3.02. The Balaban J connectivity index is 1.88. The van der Waals surface area contributed by atoms with Crippen molar-refractivity contribution in [3.63, 3.8) is 0 Å². The van der Waals surface area contributed by atoms with Crippen LogP contribution in [0, 0.1) is 6.07 Å². The van der Waals surface area contributed by atoms with E-state index in [-0.39, 0.29) is 5.75 Å². The first-order chi connectivity index (χ1) is 10.2. The Hall–Kier alpha value is -2.90. The van der Waals surface area contributed by atoms with Crippen molar-refractivity contribution < 1.29 is 13.5 Å². The Morgan fingerprint density at radius 1 is 1.10 bits per heavy atom. The molecule has 6 nitrogen and oxygen atoms in total. The highest BCUT2D eigenvalue weighted by atomic mass is 19.3. The molecule has 0 atom stereocenters. The van der Waals surface area contributed by atoms with Gasteiger partial charge in [-0.3, -0.25) is 0 Å². The van der Waals surface area contributed by atoms with Crippen molar-refractivity contribution in [3.05, 3.63) is 42.5 Å². The summed E-state index contributed by atoms with van der Waals surface area (Å²) in [6.07, 6.45) is 0. The number of nitrogens with one attached hydrogen (secondary N) is 1. The van der Waals surface area contributed by atoms with E-state index >= 15 is 0 Å². The van der Waals surface area contributed by atoms with E-state index in [0.29, 0.717) is 17.2 Å². The van der Waals surface area contributed by atoms with E-state index in [1.807, 2.05) is 0 Å². The quantitative estimate of drug-likeness (QED) is 0.797. The van der Waals surface area contributed by atoms with E-state index < -0.39 is 6.61 Å². The fourth-order valence-electron chi connectivity index (χ4n) is 1.74. The summed E-state index contributed by atoms with van der Waals surface area (Å²) in [6, 6.07) is 12.4. The van der Waals surface area contributed by atoms with Crippen LogP contribution in [0.2, 0.25) is 0 Å². The van der Waals surface area contributed by atoms with Gasteiger partial charge in [-0.15, -0.1) is 5.10 Å². The van der Waals surface area contributed by atoms with E-state index in [4.69, 9.17) is 0 Å². The molecule has 105 valence electrons. The molecular formula is C13H8F2N5O. The van der Waals surface area contributed by atoms with Gasteiger partial charge in [0.15, 0.2) is 5.82 Å². The number of aromatic amines is 1. The number of pyridine rings is 1. The number of nitrogens with zero attached hydrogens (tertiary/aromatic N) is 4. The van der Waals surface area contributed by atoms with Crippen LogP contribution in [0.25, 0.3) is 22.8 Å². The van der Waals surface area contributed by atoms with Crippen LogP contribution in [0.4, 0.5) is 8.78 Å². The van der Waals surface area contributed by atoms with Crippen molar-refractivity contribution in [1.29, 1.82) is 0 Å². The maximum atomic E-state index is 12.1. The highest BCUT2D eigenvalue weighted by Gasteiger charge is 2.08. The Morgan fingerprint density at radius 3 is 2.52 bits per heavy atom. The van der Waals surface area contributed by atoms with Crippen LogP contribution in [-0.4, -0.2) is 32.2 Å². The third-order valence-corrected chi connectivity index (χ3v) is 2.64. The van der Waals surface area contributed by atoms with Crippen LogP contribution in [0.1, 0.15) is 0 Å². The smallest absolute Gasteiger partial charge is 0.387 e. The predicted molar refractivity (Wildman–Crippen MR) is 68.3 cm³/mol. The summed E-state index contributed by atoms with van der Waals surface area (Å²) in [5, 5.41) is 13.3. The van der Waals surface area contributed by atoms with Gasteiger partial charge in [-0.25, -0.2) is 10.1 Å². The van der Waals surface area contributed by atoms with Crippen LogP contribution < -0.4 is 4.74 Å². The molecule has 0 fully saturated rings. The van der Waals surface area contributed by atoms with E-state index in [0.717, 1.165) is 5.56 Å². The zero-order chi connectivity index (χ0) is 14.7. The van der Waals surface area contributed by atoms with E-state index in [2.05, 4.69) is 36.4 Å². The van der Waals surface area contributed by atoms with Gasteiger partial charge in [0.05, 0.1) is 5.69 Å². The molecule has 2 aromatic heterocycles. The summed E-state index contributed by atoms with van der Waals surface area (Å²) >= 11 is 0. The monoisotopic (exact) mass is 288 g/mol. The molecule has 3 aromatic rings. The molecule has 0 amide bonds. The van der Waals surface area contributed by atoms with Crippen LogP contribution in [0.3, 0.4) is 0 Å². The van der Waals surface area contributed by atoms with Gasteiger partial charge >= 0.3 is 6.61 Å². The SMILES string of the molecule is FC(F)Oc1ccc(-c2c[c]cc(-c3nnn[nH]3)n2)cc1. The van der Waals surface area contributed by atoms with Gasteiger partial charge in [-0.05, 0) is 52.9 Å². The second-order valence-electron chi connectivity index (χ2n) is 3.99. The van der Waals surface area contributed by atoms with Gasteiger partial charge in [0, 0.05) is 5.56 Å². The minimum Gasteiger partial charge on any atom is -0.435 e. The summed E-state index contributed by atoms with van der Waals surface area (Å²) in [4.78, 5) is 4.38. The van der Waals surface area contributed by atoms with Crippen molar-refractivity contribution >= 4 is 0 Å². The molecule has 0 unspecified atom stereocenters. The molecule has 2 heterocycles. The molecule has 1 aromatic carbocycles. The Morgan fingerprint density at radius 2 is 1.86 bits per heavy atom. The summed E-state index contributed by atoms with van der Waals surface area (Å²) in [5.41, 5.74) is 1.89. The molecule has 0 aliphatic rings. The second-order valence-corrected chi connectivity index (χ2v) is 3.99. The van der Waals surface area contributed by atoms with E-state index in [1.165, 1.54) is 12.1 Å². The minimum absolute atomic E-state index is 0.0910. The molecule has 1 radical (unpaired) electrons. The summed E-state index contributed by atoms with van der Waals surface area (Å²) < 4.78 is 28.5. The predicted octanol–water partition coefficient (Wildman–Crippen LogP) is 2.33. The lowest BCUT2D eigenvalue weighted by Crippen LogP contribution is -2.01. The lowest BCUT2D eigenvalue weighted by Gasteiger charge is -2.06. The van der Waals surface area contributed by atoms with E-state index in [1.54, 1.807) is 24.3 Å². The van der Waals surface area contributed by atoms with E-state index in [9.17, 15) is 8.78 Å². The molecular weight excluding hydrogens is 280 g/mol. The fraction of sp³-hybridized carbons (Fsp3) is 0.0769. The molecule has 3 rings (SSSR count). The third-order valence-electron chi connectivity index (χ3n) is 2.64. The van der Waals surface area contributed by atoms with Crippen molar-refractivity contribution in [1.82, 2.24) is 25.6 Å². The zero-order valence-electron chi connectivity index (χ0n) is 10.5. The minimum atomic E-state index is -2.84. The van der Waals surface area contributed by atoms with Crippen molar-refractivity contribution in [3.8, 4) is 28.5 Å². The summed E-state index contributed by atoms with van der Waals surface area (Å²) in [7, 11) is 0. The molecule has 0 bridgehead atoms. The largest absolute Gasteiger partial charge is 0.435 e. The Bertz CT molecular complexity index is 716. The Kier molecular flexibility index (Phi) is 3.50. The molecule has 0 saturated heterocycles. The first-order valence-corrected chi connectivity index (χ1v) is 5.90. The molecule has 0 saturated carbocycles. The van der Waals surface area contributed by atoms with Crippen LogP contribution in [0.15, 0.2) is 36.4 Å². The first kappa shape index (κ1) is 13.1. The highest BCUT2D eigenvalue weighted by Crippen LogP contribution is 2.23. The molecule has 0 spiro atoms. The number of tetrazole rings is 1. The standard InChI is InChI=1S/C13H8F2N5O/c14-13(15)21-9-6-4-8(5-7-9)10-2-1-3-11(16-10)12-17-19-20-18-12/h2-7,13H,(H,17,18,19,20). The number of alkyl halides is 2. The maximum Gasteiger partial charge on any atom is 0.387 e. The normalized spacial score (nSPS) is 10.8. The van der Waals surface area contributed by atoms with Crippen molar-refractivity contribution in [2.24, 2.45) is 0 Å². The average molecular weight is 288 g/mol. The van der Waals surface area contributed by atoms with Gasteiger partial charge in [0.1, 0.15) is 11.4 Å². The number of ether oxygens (including phenoxy) is 1. The lowest BCUT2D eigenvalue weighted by molar-refractivity contribution is -0.0498. The number of hydrogen-bond donors (Lipinski definition) is 1. The molecule has 8 heteroatoms. The number of aromatic nitrogens is 5. The van der Waals surface area contributed by atoms with Crippen LogP contribution in [0.5, 0.6) is 5.75 Å². The second kappa shape index (κ2) is 5.61. The van der Waals surface area contributed by atoms with Crippen molar-refractivity contribution in [2.45, 2.75) is 6.61 Å². The number of rotatable bonds is 4. The number of halogens is 2. The molecule has 0 aliphatic carbocycles. The van der Waals surface area contributed by atoms with Crippen molar-refractivity contribution in [2.75, 3.05) is 0 Å². The topological polar surface area (TPSA) is 76.6 Å². The van der Waals surface area contributed by atoms with Gasteiger partial charge in [-0.1, -0.05) is 0 Å². The Labute approximate surface area is 117 Å².